The Labute approximate surface area is 122 Å². The molecule has 112 valence electrons. The molecule has 1 aliphatic heterocycles. The highest BCUT2D eigenvalue weighted by molar-refractivity contribution is 5.98. The van der Waals surface area contributed by atoms with Gasteiger partial charge in [0, 0.05) is 12.2 Å². The number of fused-ring (bicyclic) bond motifs is 1. The van der Waals surface area contributed by atoms with Crippen molar-refractivity contribution in [3.05, 3.63) is 29.8 Å². The molecule has 3 amide bonds. The highest BCUT2D eigenvalue weighted by atomic mass is 16.2. The summed E-state index contributed by atoms with van der Waals surface area (Å²) in [7, 11) is 0. The van der Waals surface area contributed by atoms with E-state index in [4.69, 9.17) is 5.73 Å². The quantitative estimate of drug-likeness (QED) is 0.631. The van der Waals surface area contributed by atoms with Crippen LogP contribution in [0.15, 0.2) is 24.3 Å². The maximum atomic E-state index is 12.1. The summed E-state index contributed by atoms with van der Waals surface area (Å²) in [6.07, 6.45) is 0.822. The van der Waals surface area contributed by atoms with Gasteiger partial charge in [-0.1, -0.05) is 18.2 Å². The minimum atomic E-state index is -0.419. The Hall–Kier alpha value is -2.41. The monoisotopic (exact) mass is 290 g/mol. The fourth-order valence-electron chi connectivity index (χ4n) is 2.18. The molecule has 4 N–H and O–H groups in total. The molecule has 1 heterocycles. The summed E-state index contributed by atoms with van der Waals surface area (Å²) < 4.78 is 0. The number of nitrogens with two attached hydrogens (primary N) is 1. The van der Waals surface area contributed by atoms with E-state index in [9.17, 15) is 14.4 Å². The third kappa shape index (κ3) is 3.79. The first-order valence-corrected chi connectivity index (χ1v) is 6.73. The van der Waals surface area contributed by atoms with Crippen molar-refractivity contribution in [1.29, 1.82) is 0 Å². The van der Waals surface area contributed by atoms with Crippen LogP contribution in [0, 0.1) is 0 Å². The average molecular weight is 290 g/mol. The number of nitrogens with one attached hydrogen (secondary N) is 2. The molecule has 0 aromatic heterocycles. The van der Waals surface area contributed by atoms with Crippen molar-refractivity contribution in [3.8, 4) is 0 Å². The molecule has 0 fully saturated rings. The normalized spacial score (nSPS) is 12.7. The van der Waals surface area contributed by atoms with E-state index in [1.54, 1.807) is 4.90 Å². The molecule has 0 saturated carbocycles. The van der Waals surface area contributed by atoms with Crippen molar-refractivity contribution in [3.63, 3.8) is 0 Å². The van der Waals surface area contributed by atoms with Crippen molar-refractivity contribution in [1.82, 2.24) is 10.6 Å². The minimum absolute atomic E-state index is 0.0916. The largest absolute Gasteiger partial charge is 0.346 e. The lowest BCUT2D eigenvalue weighted by Gasteiger charge is -2.17. The van der Waals surface area contributed by atoms with Crippen LogP contribution in [0.25, 0.3) is 0 Å². The van der Waals surface area contributed by atoms with E-state index < -0.39 is 11.8 Å². The molecule has 0 aliphatic carbocycles. The molecular formula is C14H18N4O3. The van der Waals surface area contributed by atoms with Gasteiger partial charge in [0.2, 0.25) is 17.7 Å². The molecular weight excluding hydrogens is 272 g/mol. The van der Waals surface area contributed by atoms with Crippen molar-refractivity contribution in [2.75, 3.05) is 31.1 Å². The number of carbonyl (C=O) groups is 3. The summed E-state index contributed by atoms with van der Waals surface area (Å²) >= 11 is 0. The predicted octanol–water partition coefficient (Wildman–Crippen LogP) is -1.23. The molecule has 7 heteroatoms. The molecule has 21 heavy (non-hydrogen) atoms. The zero-order valence-corrected chi connectivity index (χ0v) is 11.6. The number of hydrogen-bond acceptors (Lipinski definition) is 4. The Balaban J connectivity index is 1.81. The first-order valence-electron chi connectivity index (χ1n) is 6.73. The van der Waals surface area contributed by atoms with E-state index in [2.05, 4.69) is 10.6 Å². The van der Waals surface area contributed by atoms with Gasteiger partial charge in [0.15, 0.2) is 0 Å². The van der Waals surface area contributed by atoms with Gasteiger partial charge in [-0.15, -0.1) is 0 Å². The van der Waals surface area contributed by atoms with Gasteiger partial charge in [0.05, 0.1) is 19.6 Å². The van der Waals surface area contributed by atoms with Gasteiger partial charge in [-0.05, 0) is 18.1 Å². The Kier molecular flexibility index (Phi) is 4.89. The second kappa shape index (κ2) is 6.85. The van der Waals surface area contributed by atoms with E-state index >= 15 is 0 Å². The number of rotatable bonds is 5. The molecule has 0 spiro atoms. The standard InChI is InChI=1S/C14H18N4O3/c15-7-12(19)16-8-13(20)17-9-14(21)18-6-5-10-3-1-2-4-11(10)18/h1-4H,5-9,15H2,(H,16,19)(H,17,20). The first kappa shape index (κ1) is 15.0. The lowest BCUT2D eigenvalue weighted by atomic mass is 10.2. The summed E-state index contributed by atoms with van der Waals surface area (Å²) in [6, 6.07) is 7.70. The summed E-state index contributed by atoms with van der Waals surface area (Å²) in [6.45, 7) is 0.181. The van der Waals surface area contributed by atoms with Crippen LogP contribution in [0.5, 0.6) is 0 Å². The topological polar surface area (TPSA) is 105 Å². The molecule has 0 atom stereocenters. The van der Waals surface area contributed by atoms with Crippen molar-refractivity contribution < 1.29 is 14.4 Å². The number of anilines is 1. The number of nitrogens with zero attached hydrogens (tertiary/aromatic N) is 1. The maximum absolute atomic E-state index is 12.1. The second-order valence-corrected chi connectivity index (χ2v) is 4.68. The Morgan fingerprint density at radius 1 is 1.10 bits per heavy atom. The summed E-state index contributed by atoms with van der Waals surface area (Å²) in [5.74, 6) is -0.999. The summed E-state index contributed by atoms with van der Waals surface area (Å²) in [4.78, 5) is 36.2. The van der Waals surface area contributed by atoms with Gasteiger partial charge < -0.3 is 21.3 Å². The Bertz CT molecular complexity index is 559. The maximum Gasteiger partial charge on any atom is 0.246 e. The minimum Gasteiger partial charge on any atom is -0.346 e. The van der Waals surface area contributed by atoms with E-state index in [0.717, 1.165) is 17.7 Å². The molecule has 7 nitrogen and oxygen atoms in total. The first-order chi connectivity index (χ1) is 10.1. The SMILES string of the molecule is NCC(=O)NCC(=O)NCC(=O)N1CCc2ccccc21. The Morgan fingerprint density at radius 2 is 1.81 bits per heavy atom. The zero-order chi connectivity index (χ0) is 15.2. The number of benzene rings is 1. The second-order valence-electron chi connectivity index (χ2n) is 4.68. The fourth-order valence-corrected chi connectivity index (χ4v) is 2.18. The fraction of sp³-hybridized carbons (Fsp3) is 0.357. The van der Waals surface area contributed by atoms with Gasteiger partial charge in [-0.25, -0.2) is 0 Å². The van der Waals surface area contributed by atoms with Crippen LogP contribution in [-0.4, -0.2) is 43.9 Å². The summed E-state index contributed by atoms with van der Waals surface area (Å²) in [5, 5.41) is 4.82. The van der Waals surface area contributed by atoms with Crippen LogP contribution in [-0.2, 0) is 20.8 Å². The molecule has 2 rings (SSSR count). The highest BCUT2D eigenvalue weighted by Gasteiger charge is 2.23. The predicted molar refractivity (Wildman–Crippen MR) is 77.6 cm³/mol. The number of carbonyl (C=O) groups excluding carboxylic acids is 3. The van der Waals surface area contributed by atoms with E-state index in [0.29, 0.717) is 6.54 Å². The number of hydrogen-bond donors (Lipinski definition) is 3. The zero-order valence-electron chi connectivity index (χ0n) is 11.6. The smallest absolute Gasteiger partial charge is 0.246 e. The van der Waals surface area contributed by atoms with Crippen molar-refractivity contribution in [2.45, 2.75) is 6.42 Å². The molecule has 0 unspecified atom stereocenters. The van der Waals surface area contributed by atoms with E-state index in [1.807, 2.05) is 24.3 Å². The van der Waals surface area contributed by atoms with Crippen LogP contribution in [0.1, 0.15) is 5.56 Å². The molecule has 0 radical (unpaired) electrons. The van der Waals surface area contributed by atoms with Gasteiger partial charge in [0.1, 0.15) is 0 Å². The lowest BCUT2D eigenvalue weighted by molar-refractivity contribution is -0.126. The van der Waals surface area contributed by atoms with Crippen LogP contribution in [0.2, 0.25) is 0 Å². The van der Waals surface area contributed by atoms with Crippen LogP contribution < -0.4 is 21.3 Å². The molecule has 1 aromatic rings. The van der Waals surface area contributed by atoms with Gasteiger partial charge >= 0.3 is 0 Å². The van der Waals surface area contributed by atoms with Gasteiger partial charge in [0.25, 0.3) is 0 Å². The van der Waals surface area contributed by atoms with Crippen LogP contribution in [0.4, 0.5) is 5.69 Å². The lowest BCUT2D eigenvalue weighted by Crippen LogP contribution is -2.44. The number of amides is 3. The van der Waals surface area contributed by atoms with Crippen LogP contribution in [0.3, 0.4) is 0 Å². The molecule has 0 saturated heterocycles. The van der Waals surface area contributed by atoms with Crippen molar-refractivity contribution in [2.24, 2.45) is 5.73 Å². The van der Waals surface area contributed by atoms with Gasteiger partial charge in [-0.3, -0.25) is 14.4 Å². The Morgan fingerprint density at radius 3 is 2.57 bits per heavy atom. The highest BCUT2D eigenvalue weighted by Crippen LogP contribution is 2.27. The van der Waals surface area contributed by atoms with Crippen molar-refractivity contribution >= 4 is 23.4 Å². The third-order valence-corrected chi connectivity index (χ3v) is 3.26. The molecule has 0 bridgehead atoms. The number of para-hydroxylation sites is 1. The molecule has 1 aliphatic rings. The average Bonchev–Trinajstić information content (AvgIpc) is 2.94. The molecule has 1 aromatic carbocycles. The van der Waals surface area contributed by atoms with Crippen LogP contribution >= 0.6 is 0 Å². The van der Waals surface area contributed by atoms with E-state index in [1.165, 1.54) is 0 Å². The van der Waals surface area contributed by atoms with E-state index in [-0.39, 0.29) is 25.5 Å². The van der Waals surface area contributed by atoms with Gasteiger partial charge in [-0.2, -0.15) is 0 Å². The summed E-state index contributed by atoms with van der Waals surface area (Å²) in [5.41, 5.74) is 7.13. The third-order valence-electron chi connectivity index (χ3n) is 3.26.